The number of benzene rings is 1. The molecule has 0 aliphatic carbocycles. The molecule has 4 nitrogen and oxygen atoms in total. The van der Waals surface area contributed by atoms with Crippen LogP contribution in [-0.4, -0.2) is 21.5 Å². The molecule has 0 spiro atoms. The van der Waals surface area contributed by atoms with Crippen LogP contribution in [0.3, 0.4) is 0 Å². The van der Waals surface area contributed by atoms with Gasteiger partial charge in [-0.3, -0.25) is 0 Å². The fourth-order valence-corrected chi connectivity index (χ4v) is 1.74. The Morgan fingerprint density at radius 3 is 2.89 bits per heavy atom. The summed E-state index contributed by atoms with van der Waals surface area (Å²) in [5.74, 6) is 0.508. The van der Waals surface area contributed by atoms with Gasteiger partial charge in [-0.15, -0.1) is 11.6 Å². The Hall–Kier alpha value is -1.52. The Kier molecular flexibility index (Phi) is 3.89. The van der Waals surface area contributed by atoms with Gasteiger partial charge in [-0.25, -0.2) is 9.67 Å². The molecule has 0 saturated heterocycles. The molecule has 18 heavy (non-hydrogen) atoms. The van der Waals surface area contributed by atoms with Crippen molar-refractivity contribution in [3.05, 3.63) is 41.2 Å². The van der Waals surface area contributed by atoms with Crippen molar-refractivity contribution in [2.45, 2.75) is 6.92 Å². The van der Waals surface area contributed by atoms with Crippen LogP contribution >= 0.6 is 23.2 Å². The van der Waals surface area contributed by atoms with Gasteiger partial charge in [0, 0.05) is 11.2 Å². The summed E-state index contributed by atoms with van der Waals surface area (Å²) in [4.78, 5) is 4.24. The number of halogens is 2. The lowest BCUT2D eigenvalue weighted by atomic mass is 10.2. The number of nitrogens with zero attached hydrogens (tertiary/aromatic N) is 3. The monoisotopic (exact) mass is 282 g/mol. The number of alkyl halides is 1. The van der Waals surface area contributed by atoms with Crippen molar-refractivity contribution in [3.8, 4) is 5.69 Å². The predicted octanol–water partition coefficient (Wildman–Crippen LogP) is 3.06. The van der Waals surface area contributed by atoms with Crippen molar-refractivity contribution in [3.63, 3.8) is 0 Å². The summed E-state index contributed by atoms with van der Waals surface area (Å²) in [7, 11) is 0. The second-order valence-corrected chi connectivity index (χ2v) is 4.54. The minimum atomic E-state index is 0.171. The molecular formula is C12H12Cl2N4. The molecule has 6 heteroatoms. The summed E-state index contributed by atoms with van der Waals surface area (Å²) < 4.78 is 1.73. The van der Waals surface area contributed by atoms with E-state index in [2.05, 4.69) is 10.1 Å². The molecule has 0 radical (unpaired) electrons. The number of rotatable bonds is 3. The van der Waals surface area contributed by atoms with E-state index in [0.29, 0.717) is 16.5 Å². The highest BCUT2D eigenvalue weighted by atomic mass is 35.5. The van der Waals surface area contributed by atoms with Crippen LogP contribution in [-0.2, 0) is 0 Å². The van der Waals surface area contributed by atoms with Crippen LogP contribution in [0.1, 0.15) is 5.56 Å². The lowest BCUT2D eigenvalue weighted by Gasteiger charge is -2.07. The zero-order chi connectivity index (χ0) is 13.1. The third kappa shape index (κ3) is 2.83. The average Bonchev–Trinajstić information content (AvgIpc) is 2.75. The van der Waals surface area contributed by atoms with Crippen molar-refractivity contribution >= 4 is 34.7 Å². The van der Waals surface area contributed by atoms with Gasteiger partial charge >= 0.3 is 0 Å². The third-order valence-electron chi connectivity index (χ3n) is 2.30. The summed E-state index contributed by atoms with van der Waals surface area (Å²) >= 11 is 11.6. The van der Waals surface area contributed by atoms with Crippen LogP contribution in [0.4, 0.5) is 5.69 Å². The highest BCUT2D eigenvalue weighted by Crippen LogP contribution is 2.27. The minimum absolute atomic E-state index is 0.171. The first kappa shape index (κ1) is 12.9. The van der Waals surface area contributed by atoms with E-state index in [-0.39, 0.29) is 5.88 Å². The molecule has 2 N–H and O–H groups in total. The maximum atomic E-state index is 5.96. The normalized spacial score (nSPS) is 11.8. The van der Waals surface area contributed by atoms with Crippen molar-refractivity contribution in [1.29, 1.82) is 0 Å². The van der Waals surface area contributed by atoms with Gasteiger partial charge in [-0.1, -0.05) is 11.6 Å². The molecule has 2 aromatic rings. The summed E-state index contributed by atoms with van der Waals surface area (Å²) in [6, 6.07) is 5.35. The smallest absolute Gasteiger partial charge is 0.115 e. The van der Waals surface area contributed by atoms with Gasteiger partial charge in [0.05, 0.1) is 23.5 Å². The Balaban J connectivity index is 2.53. The predicted molar refractivity (Wildman–Crippen MR) is 75.3 cm³/mol. The number of aromatic nitrogens is 2. The minimum Gasteiger partial charge on any atom is -0.386 e. The lowest BCUT2D eigenvalue weighted by Crippen LogP contribution is -2.12. The number of aryl methyl sites for hydroxylation is 1. The Morgan fingerprint density at radius 2 is 2.28 bits per heavy atom. The molecule has 0 atom stereocenters. The molecule has 0 bridgehead atoms. The molecule has 0 aliphatic heterocycles. The molecule has 2 rings (SSSR count). The average molecular weight is 283 g/mol. The highest BCUT2D eigenvalue weighted by Gasteiger charge is 2.06. The Labute approximate surface area is 115 Å². The molecular weight excluding hydrogens is 271 g/mol. The summed E-state index contributed by atoms with van der Waals surface area (Å²) in [6.07, 6.45) is 3.67. The lowest BCUT2D eigenvalue weighted by molar-refractivity contribution is 0.880. The second kappa shape index (κ2) is 5.42. The molecule has 94 valence electrons. The van der Waals surface area contributed by atoms with Gasteiger partial charge in [-0.2, -0.15) is 5.10 Å². The van der Waals surface area contributed by atoms with Crippen molar-refractivity contribution in [2.24, 2.45) is 10.7 Å². The van der Waals surface area contributed by atoms with E-state index in [0.717, 1.165) is 11.3 Å². The number of amidine groups is 1. The summed E-state index contributed by atoms with van der Waals surface area (Å²) in [6.45, 7) is 1.97. The van der Waals surface area contributed by atoms with Gasteiger partial charge in [0.15, 0.2) is 0 Å². The van der Waals surface area contributed by atoms with Gasteiger partial charge in [0.2, 0.25) is 0 Å². The Bertz CT molecular complexity index is 590. The highest BCUT2D eigenvalue weighted by molar-refractivity contribution is 6.31. The molecule has 1 aromatic heterocycles. The topological polar surface area (TPSA) is 56.2 Å². The van der Waals surface area contributed by atoms with Crippen LogP contribution in [0, 0.1) is 6.92 Å². The van der Waals surface area contributed by atoms with Gasteiger partial charge in [-0.05, 0) is 30.7 Å². The molecule has 0 fully saturated rings. The largest absolute Gasteiger partial charge is 0.386 e. The molecule has 0 amide bonds. The first-order valence-corrected chi connectivity index (χ1v) is 6.21. The SMILES string of the molecule is Cc1cnn(-c2ccc(Cl)cc2N=C(N)CCl)c1. The zero-order valence-corrected chi connectivity index (χ0v) is 11.3. The van der Waals surface area contributed by atoms with Crippen LogP contribution < -0.4 is 5.73 Å². The van der Waals surface area contributed by atoms with Crippen molar-refractivity contribution in [2.75, 3.05) is 5.88 Å². The van der Waals surface area contributed by atoms with Crippen molar-refractivity contribution in [1.82, 2.24) is 9.78 Å². The van der Waals surface area contributed by atoms with Crippen LogP contribution in [0.2, 0.25) is 5.02 Å². The van der Waals surface area contributed by atoms with E-state index in [1.165, 1.54) is 0 Å². The fraction of sp³-hybridized carbons (Fsp3) is 0.167. The van der Waals surface area contributed by atoms with E-state index in [4.69, 9.17) is 28.9 Å². The summed E-state index contributed by atoms with van der Waals surface area (Å²) in [5, 5.41) is 4.83. The standard InChI is InChI=1S/C12H12Cl2N4/c1-8-6-16-18(7-8)11-3-2-9(14)4-10(11)17-12(15)5-13/h2-4,6-7H,5H2,1H3,(H2,15,17). The van der Waals surface area contributed by atoms with Gasteiger partial charge in [0.25, 0.3) is 0 Å². The maximum absolute atomic E-state index is 5.96. The van der Waals surface area contributed by atoms with Crippen molar-refractivity contribution < 1.29 is 0 Å². The van der Waals surface area contributed by atoms with E-state index in [1.807, 2.05) is 19.2 Å². The third-order valence-corrected chi connectivity index (χ3v) is 2.81. The number of nitrogens with two attached hydrogens (primary N) is 1. The van der Waals surface area contributed by atoms with E-state index < -0.39 is 0 Å². The van der Waals surface area contributed by atoms with E-state index in [1.54, 1.807) is 23.0 Å². The Morgan fingerprint density at radius 1 is 1.50 bits per heavy atom. The maximum Gasteiger partial charge on any atom is 0.115 e. The number of aliphatic imine (C=N–C) groups is 1. The molecule has 0 aliphatic rings. The first-order valence-electron chi connectivity index (χ1n) is 5.30. The molecule has 0 unspecified atom stereocenters. The van der Waals surface area contributed by atoms with Gasteiger partial charge < -0.3 is 5.73 Å². The quantitative estimate of drug-likeness (QED) is 0.534. The van der Waals surface area contributed by atoms with Crippen LogP contribution in [0.5, 0.6) is 0 Å². The molecule has 0 saturated carbocycles. The molecule has 1 aromatic carbocycles. The van der Waals surface area contributed by atoms with Gasteiger partial charge in [0.1, 0.15) is 5.84 Å². The number of hydrogen-bond donors (Lipinski definition) is 1. The summed E-state index contributed by atoms with van der Waals surface area (Å²) in [5.41, 5.74) is 8.16. The van der Waals surface area contributed by atoms with E-state index >= 15 is 0 Å². The van der Waals surface area contributed by atoms with Crippen LogP contribution in [0.15, 0.2) is 35.6 Å². The fourth-order valence-electron chi connectivity index (χ4n) is 1.51. The zero-order valence-electron chi connectivity index (χ0n) is 9.77. The van der Waals surface area contributed by atoms with E-state index in [9.17, 15) is 0 Å². The van der Waals surface area contributed by atoms with Crippen LogP contribution in [0.25, 0.3) is 5.69 Å². The second-order valence-electron chi connectivity index (χ2n) is 3.83. The first-order chi connectivity index (χ1) is 8.60. The molecule has 1 heterocycles. The number of hydrogen-bond acceptors (Lipinski definition) is 2.